The normalized spacial score (nSPS) is 21.4. The van der Waals surface area contributed by atoms with Crippen molar-refractivity contribution in [1.82, 2.24) is 5.32 Å². The van der Waals surface area contributed by atoms with Gasteiger partial charge in [0.15, 0.2) is 17.8 Å². The lowest BCUT2D eigenvalue weighted by atomic mass is 10.0. The molecule has 1 N–H and O–H groups in total. The van der Waals surface area contributed by atoms with E-state index in [1.165, 1.54) is 6.42 Å². The third-order valence-corrected chi connectivity index (χ3v) is 3.97. The number of fused-ring (bicyclic) bond motifs is 1. The van der Waals surface area contributed by atoms with Crippen molar-refractivity contribution in [3.63, 3.8) is 0 Å². The molecule has 0 radical (unpaired) electrons. The molecule has 0 aromatic heterocycles. The van der Waals surface area contributed by atoms with Crippen molar-refractivity contribution in [2.24, 2.45) is 0 Å². The molecule has 1 aromatic carbocycles. The fourth-order valence-corrected chi connectivity index (χ4v) is 2.99. The Morgan fingerprint density at radius 3 is 2.84 bits per heavy atom. The lowest BCUT2D eigenvalue weighted by molar-refractivity contribution is 0.111. The molecule has 102 valence electrons. The molecule has 0 saturated carbocycles. The minimum absolute atomic E-state index is 0.425. The van der Waals surface area contributed by atoms with Gasteiger partial charge in [-0.2, -0.15) is 0 Å². The van der Waals surface area contributed by atoms with Gasteiger partial charge in [-0.15, -0.1) is 0 Å². The Hall–Kier alpha value is -1.26. The Bertz CT molecular complexity index is 498. The van der Waals surface area contributed by atoms with Crippen molar-refractivity contribution >= 4 is 17.9 Å². The van der Waals surface area contributed by atoms with Crippen LogP contribution in [0.4, 0.5) is 0 Å². The minimum atomic E-state index is 0.425. The lowest BCUT2D eigenvalue weighted by Gasteiger charge is -2.24. The molecular weight excluding hydrogens is 266 g/mol. The van der Waals surface area contributed by atoms with E-state index < -0.39 is 0 Å². The topological polar surface area (TPSA) is 47.6 Å². The van der Waals surface area contributed by atoms with E-state index >= 15 is 0 Å². The summed E-state index contributed by atoms with van der Waals surface area (Å²) in [4.78, 5) is 11.1. The maximum Gasteiger partial charge on any atom is 0.172 e. The fourth-order valence-electron chi connectivity index (χ4n) is 2.71. The van der Waals surface area contributed by atoms with Gasteiger partial charge in [0.05, 0.1) is 5.56 Å². The highest BCUT2D eigenvalue weighted by molar-refractivity contribution is 6.32. The number of benzene rings is 1. The van der Waals surface area contributed by atoms with Crippen LogP contribution < -0.4 is 14.8 Å². The molecule has 19 heavy (non-hydrogen) atoms. The predicted molar refractivity (Wildman–Crippen MR) is 72.6 cm³/mol. The second-order valence-electron chi connectivity index (χ2n) is 4.90. The van der Waals surface area contributed by atoms with E-state index in [1.807, 2.05) is 0 Å². The van der Waals surface area contributed by atoms with Crippen molar-refractivity contribution in [3.05, 3.63) is 22.2 Å². The molecule has 0 bridgehead atoms. The maximum atomic E-state index is 11.1. The quantitative estimate of drug-likeness (QED) is 0.863. The molecule has 2 aliphatic heterocycles. The largest absolute Gasteiger partial charge is 0.486 e. The van der Waals surface area contributed by atoms with Gasteiger partial charge < -0.3 is 14.8 Å². The monoisotopic (exact) mass is 281 g/mol. The molecular formula is C14H16ClNO3. The van der Waals surface area contributed by atoms with Crippen LogP contribution in [0.1, 0.15) is 28.8 Å². The molecule has 1 aromatic rings. The van der Waals surface area contributed by atoms with Crippen LogP contribution in [0.3, 0.4) is 0 Å². The average molecular weight is 282 g/mol. The summed E-state index contributed by atoms with van der Waals surface area (Å²) in [5, 5.41) is 4.03. The highest BCUT2D eigenvalue weighted by Gasteiger charge is 2.25. The first-order valence-corrected chi connectivity index (χ1v) is 6.97. The molecule has 0 spiro atoms. The van der Waals surface area contributed by atoms with Crippen LogP contribution in [0, 0.1) is 0 Å². The van der Waals surface area contributed by atoms with Crippen LogP contribution in [0.5, 0.6) is 11.5 Å². The number of aldehydes is 1. The zero-order valence-electron chi connectivity index (χ0n) is 10.6. The Labute approximate surface area is 117 Å². The number of hydrogen-bond acceptors (Lipinski definition) is 4. The zero-order chi connectivity index (χ0) is 13.2. The summed E-state index contributed by atoms with van der Waals surface area (Å²) in [6, 6.07) is 2.10. The van der Waals surface area contributed by atoms with Crippen LogP contribution in [0.15, 0.2) is 6.07 Å². The van der Waals surface area contributed by atoms with Crippen LogP contribution in [0.25, 0.3) is 0 Å². The van der Waals surface area contributed by atoms with E-state index in [4.69, 9.17) is 21.1 Å². The Balaban J connectivity index is 1.99. The van der Waals surface area contributed by atoms with Crippen molar-refractivity contribution < 1.29 is 14.3 Å². The van der Waals surface area contributed by atoms with Crippen LogP contribution in [-0.4, -0.2) is 32.1 Å². The van der Waals surface area contributed by atoms with E-state index in [0.29, 0.717) is 41.3 Å². The molecule has 1 saturated heterocycles. The Morgan fingerprint density at radius 2 is 2.16 bits per heavy atom. The molecule has 0 amide bonds. The van der Waals surface area contributed by atoms with Gasteiger partial charge in [0.2, 0.25) is 0 Å². The van der Waals surface area contributed by atoms with Gasteiger partial charge in [-0.05, 0) is 31.9 Å². The predicted octanol–water partition coefficient (Wildman–Crippen LogP) is 2.22. The van der Waals surface area contributed by atoms with E-state index in [-0.39, 0.29) is 0 Å². The van der Waals surface area contributed by atoms with Gasteiger partial charge in [-0.3, -0.25) is 4.79 Å². The Kier molecular flexibility index (Phi) is 3.62. The smallest absolute Gasteiger partial charge is 0.172 e. The van der Waals surface area contributed by atoms with E-state index in [1.54, 1.807) is 6.07 Å². The summed E-state index contributed by atoms with van der Waals surface area (Å²) >= 11 is 6.30. The standard InChI is InChI=1S/C14H16ClNO3/c15-12-6-9(8-17)13-14(19-5-4-18-13)11(12)7-10-2-1-3-16-10/h6,8,10,16H,1-5,7H2. The summed E-state index contributed by atoms with van der Waals surface area (Å²) in [5.41, 5.74) is 1.41. The summed E-state index contributed by atoms with van der Waals surface area (Å²) in [5.74, 6) is 1.19. The SMILES string of the molecule is O=Cc1cc(Cl)c(CC2CCCN2)c2c1OCCO2. The number of hydrogen-bond donors (Lipinski definition) is 1. The van der Waals surface area contributed by atoms with Gasteiger partial charge in [0.1, 0.15) is 13.2 Å². The van der Waals surface area contributed by atoms with Crippen molar-refractivity contribution in [2.45, 2.75) is 25.3 Å². The number of carbonyl (C=O) groups is 1. The first-order chi connectivity index (χ1) is 9.29. The number of ether oxygens (including phenoxy) is 2. The lowest BCUT2D eigenvalue weighted by Crippen LogP contribution is -2.25. The molecule has 3 rings (SSSR count). The van der Waals surface area contributed by atoms with Crippen molar-refractivity contribution in [3.8, 4) is 11.5 Å². The fraction of sp³-hybridized carbons (Fsp3) is 0.500. The molecule has 2 heterocycles. The van der Waals surface area contributed by atoms with Gasteiger partial charge in [-0.25, -0.2) is 0 Å². The summed E-state index contributed by atoms with van der Waals surface area (Å²) in [6.45, 7) is 2.02. The first-order valence-electron chi connectivity index (χ1n) is 6.59. The molecule has 1 unspecified atom stereocenters. The molecule has 1 atom stereocenters. The second kappa shape index (κ2) is 5.39. The van der Waals surface area contributed by atoms with Crippen LogP contribution in [0.2, 0.25) is 5.02 Å². The molecule has 1 fully saturated rings. The maximum absolute atomic E-state index is 11.1. The number of carbonyl (C=O) groups excluding carboxylic acids is 1. The third kappa shape index (κ3) is 2.42. The van der Waals surface area contributed by atoms with Gasteiger partial charge in [0.25, 0.3) is 0 Å². The van der Waals surface area contributed by atoms with Crippen molar-refractivity contribution in [1.29, 1.82) is 0 Å². The summed E-state index contributed by atoms with van der Waals surface area (Å²) in [7, 11) is 0. The van der Waals surface area contributed by atoms with E-state index in [0.717, 1.165) is 31.2 Å². The molecule has 2 aliphatic rings. The van der Waals surface area contributed by atoms with Crippen LogP contribution >= 0.6 is 11.6 Å². The highest BCUT2D eigenvalue weighted by Crippen LogP contribution is 2.41. The van der Waals surface area contributed by atoms with Gasteiger partial charge >= 0.3 is 0 Å². The molecule has 4 nitrogen and oxygen atoms in total. The number of rotatable bonds is 3. The molecule has 5 heteroatoms. The average Bonchev–Trinajstić information content (AvgIpc) is 2.94. The van der Waals surface area contributed by atoms with Crippen molar-refractivity contribution in [2.75, 3.05) is 19.8 Å². The Morgan fingerprint density at radius 1 is 1.37 bits per heavy atom. The molecule has 0 aliphatic carbocycles. The highest BCUT2D eigenvalue weighted by atomic mass is 35.5. The number of nitrogens with one attached hydrogen (secondary N) is 1. The summed E-state index contributed by atoms with van der Waals surface area (Å²) < 4.78 is 11.3. The van der Waals surface area contributed by atoms with Gasteiger partial charge in [-0.1, -0.05) is 11.6 Å². The first kappa shape index (κ1) is 12.8. The van der Waals surface area contributed by atoms with E-state index in [9.17, 15) is 4.79 Å². The number of halogens is 1. The third-order valence-electron chi connectivity index (χ3n) is 3.63. The van der Waals surface area contributed by atoms with Crippen LogP contribution in [-0.2, 0) is 6.42 Å². The summed E-state index contributed by atoms with van der Waals surface area (Å²) in [6.07, 6.45) is 3.90. The second-order valence-corrected chi connectivity index (χ2v) is 5.30. The zero-order valence-corrected chi connectivity index (χ0v) is 11.3. The van der Waals surface area contributed by atoms with E-state index in [2.05, 4.69) is 5.32 Å². The minimum Gasteiger partial charge on any atom is -0.486 e. The van der Waals surface area contributed by atoms with Gasteiger partial charge in [0, 0.05) is 16.6 Å².